The van der Waals surface area contributed by atoms with Crippen LogP contribution >= 0.6 is 0 Å². The molecule has 4 rings (SSSR count). The zero-order chi connectivity index (χ0) is 18.7. The Morgan fingerprint density at radius 3 is 2.32 bits per heavy atom. The van der Waals surface area contributed by atoms with Crippen molar-refractivity contribution in [3.8, 4) is 0 Å². The van der Waals surface area contributed by atoms with Gasteiger partial charge < -0.3 is 13.9 Å². The molecular weight excluding hydrogens is 337 g/mol. The Bertz CT molecular complexity index is 615. The third-order valence-electron chi connectivity index (χ3n) is 5.87. The van der Waals surface area contributed by atoms with E-state index in [1.165, 1.54) is 0 Å². The molecule has 138 valence electrons. The van der Waals surface area contributed by atoms with Crippen LogP contribution in [0.4, 0.5) is 0 Å². The summed E-state index contributed by atoms with van der Waals surface area (Å²) in [4.78, 5) is 26.3. The SMILES string of the molecule is CC(C)OB1C2C=CC(C3C(=O)OC(=O)C23)N1O[Si](C)(C)C(C)(C)C. The number of allylic oxidation sites excluding steroid dienone is 1. The lowest BCUT2D eigenvalue weighted by molar-refractivity contribution is -0.154. The molecule has 8 heteroatoms. The number of esters is 2. The second-order valence-corrected chi connectivity index (χ2v) is 13.7. The Morgan fingerprint density at radius 1 is 1.16 bits per heavy atom. The highest BCUT2D eigenvalue weighted by Gasteiger charge is 2.64. The maximum atomic E-state index is 12.3. The van der Waals surface area contributed by atoms with E-state index >= 15 is 0 Å². The Kier molecular flexibility index (Phi) is 4.55. The number of carbonyl (C=O) groups excluding carboxylic acids is 2. The maximum Gasteiger partial charge on any atom is 0.414 e. The van der Waals surface area contributed by atoms with Gasteiger partial charge in [-0.25, -0.2) is 4.97 Å². The van der Waals surface area contributed by atoms with Crippen LogP contribution in [0.2, 0.25) is 23.9 Å². The number of hydrogen-bond donors (Lipinski definition) is 0. The normalized spacial score (nSPS) is 32.6. The lowest BCUT2D eigenvalue weighted by Gasteiger charge is -2.52. The van der Waals surface area contributed by atoms with Crippen LogP contribution < -0.4 is 0 Å². The number of rotatable bonds is 4. The minimum atomic E-state index is -2.13. The van der Waals surface area contributed by atoms with E-state index in [1.54, 1.807) is 0 Å². The van der Waals surface area contributed by atoms with Crippen molar-refractivity contribution in [2.24, 2.45) is 11.8 Å². The van der Waals surface area contributed by atoms with Gasteiger partial charge in [0.25, 0.3) is 0 Å². The fraction of sp³-hybridized carbons (Fsp3) is 0.765. The van der Waals surface area contributed by atoms with Crippen molar-refractivity contribution in [1.29, 1.82) is 0 Å². The van der Waals surface area contributed by atoms with E-state index in [9.17, 15) is 9.59 Å². The van der Waals surface area contributed by atoms with Crippen molar-refractivity contribution in [3.63, 3.8) is 0 Å². The minimum absolute atomic E-state index is 0.0151. The monoisotopic (exact) mass is 365 g/mol. The highest BCUT2D eigenvalue weighted by molar-refractivity contribution is 6.74. The molecule has 0 aromatic carbocycles. The molecule has 0 radical (unpaired) electrons. The van der Waals surface area contributed by atoms with E-state index in [1.807, 2.05) is 31.0 Å². The topological polar surface area (TPSA) is 65.1 Å². The average Bonchev–Trinajstić information content (AvgIpc) is 2.77. The zero-order valence-electron chi connectivity index (χ0n) is 16.1. The second kappa shape index (κ2) is 6.04. The van der Waals surface area contributed by atoms with Gasteiger partial charge in [-0.2, -0.15) is 0 Å². The molecule has 0 saturated carbocycles. The lowest BCUT2D eigenvalue weighted by atomic mass is 9.50. The van der Waals surface area contributed by atoms with Crippen LogP contribution in [0.25, 0.3) is 0 Å². The summed E-state index contributed by atoms with van der Waals surface area (Å²) in [5, 5.41) is 0.0151. The van der Waals surface area contributed by atoms with E-state index in [0.29, 0.717) is 0 Å². The van der Waals surface area contributed by atoms with Gasteiger partial charge >= 0.3 is 19.0 Å². The fourth-order valence-electron chi connectivity index (χ4n) is 3.56. The Balaban J connectivity index is 1.97. The molecule has 4 aliphatic rings. The number of hydroxylamine groups is 1. The van der Waals surface area contributed by atoms with E-state index in [2.05, 4.69) is 33.9 Å². The van der Waals surface area contributed by atoms with Gasteiger partial charge in [0.2, 0.25) is 8.32 Å². The predicted octanol–water partition coefficient (Wildman–Crippen LogP) is 2.78. The summed E-state index contributed by atoms with van der Waals surface area (Å²) in [6, 6.07) is -0.327. The van der Waals surface area contributed by atoms with E-state index in [0.717, 1.165) is 0 Å². The summed E-state index contributed by atoms with van der Waals surface area (Å²) in [6.45, 7) is 14.8. The van der Waals surface area contributed by atoms with Crippen LogP contribution in [0.15, 0.2) is 12.2 Å². The van der Waals surface area contributed by atoms with Gasteiger partial charge in [-0.3, -0.25) is 9.59 Å². The number of ether oxygens (including phenoxy) is 1. The third kappa shape index (κ3) is 3.03. The maximum absolute atomic E-state index is 12.3. The molecule has 0 aromatic heterocycles. The first-order chi connectivity index (χ1) is 11.4. The molecule has 0 aromatic rings. The standard InChI is InChI=1S/C17H28BNO5Si/c1-10(2)23-18-11-8-9-12(14-13(11)15(20)22-16(14)21)19(18)24-25(6,7)17(3,4)5/h8-14H,1-7H3. The molecule has 2 fully saturated rings. The van der Waals surface area contributed by atoms with Gasteiger partial charge in [-0.05, 0) is 32.0 Å². The lowest BCUT2D eigenvalue weighted by Crippen LogP contribution is -2.66. The first-order valence-electron chi connectivity index (χ1n) is 9.01. The van der Waals surface area contributed by atoms with Crippen molar-refractivity contribution in [1.82, 2.24) is 4.97 Å². The average molecular weight is 365 g/mol. The van der Waals surface area contributed by atoms with Crippen molar-refractivity contribution in [2.45, 2.75) is 70.7 Å². The van der Waals surface area contributed by atoms with Gasteiger partial charge in [0.1, 0.15) is 0 Å². The number of carbonyl (C=O) groups is 2. The number of hydrogen-bond acceptors (Lipinski definition) is 6. The summed E-state index contributed by atoms with van der Waals surface area (Å²) in [5.41, 5.74) is 0. The molecule has 6 nitrogen and oxygen atoms in total. The highest BCUT2D eigenvalue weighted by atomic mass is 28.4. The molecule has 3 heterocycles. The largest absolute Gasteiger partial charge is 0.417 e. The first kappa shape index (κ1) is 18.8. The van der Waals surface area contributed by atoms with Crippen molar-refractivity contribution < 1.29 is 23.5 Å². The molecule has 25 heavy (non-hydrogen) atoms. The van der Waals surface area contributed by atoms with Crippen molar-refractivity contribution >= 4 is 27.3 Å². The highest BCUT2D eigenvalue weighted by Crippen LogP contribution is 2.51. The van der Waals surface area contributed by atoms with Gasteiger partial charge in [0, 0.05) is 11.9 Å². The third-order valence-corrected chi connectivity index (χ3v) is 10.2. The van der Waals surface area contributed by atoms with Crippen LogP contribution in [0.1, 0.15) is 34.6 Å². The van der Waals surface area contributed by atoms with Gasteiger partial charge in [0.05, 0.1) is 17.9 Å². The van der Waals surface area contributed by atoms with Crippen LogP contribution in [-0.2, 0) is 23.5 Å². The number of fused-ring (bicyclic) bond motifs is 1. The first-order valence-corrected chi connectivity index (χ1v) is 11.9. The summed E-state index contributed by atoms with van der Waals surface area (Å²) in [5.74, 6) is -2.08. The summed E-state index contributed by atoms with van der Waals surface area (Å²) in [7, 11) is -2.52. The Morgan fingerprint density at radius 2 is 1.76 bits per heavy atom. The smallest absolute Gasteiger partial charge is 0.414 e. The van der Waals surface area contributed by atoms with Crippen molar-refractivity contribution in [2.75, 3.05) is 0 Å². The molecule has 2 bridgehead atoms. The molecular formula is C17H28BNO5Si. The number of nitrogens with zero attached hydrogens (tertiary/aromatic N) is 1. The second-order valence-electron chi connectivity index (χ2n) is 9.03. The van der Waals surface area contributed by atoms with Crippen LogP contribution in [0, 0.1) is 11.8 Å². The molecule has 3 aliphatic heterocycles. The van der Waals surface area contributed by atoms with Gasteiger partial charge in [-0.15, -0.1) is 0 Å². The van der Waals surface area contributed by atoms with E-state index in [4.69, 9.17) is 13.9 Å². The Labute approximate surface area is 151 Å². The predicted molar refractivity (Wildman–Crippen MR) is 96.9 cm³/mol. The molecule has 4 unspecified atom stereocenters. The fourth-order valence-corrected chi connectivity index (χ4v) is 4.58. The molecule has 0 spiro atoms. The molecule has 0 N–H and O–H groups in total. The molecule has 1 aliphatic carbocycles. The summed E-state index contributed by atoms with van der Waals surface area (Å²) < 4.78 is 17.6. The summed E-state index contributed by atoms with van der Waals surface area (Å²) in [6.07, 6.45) is 3.94. The van der Waals surface area contributed by atoms with Crippen LogP contribution in [-0.4, -0.2) is 44.4 Å². The molecule has 0 amide bonds. The van der Waals surface area contributed by atoms with Crippen LogP contribution in [0.5, 0.6) is 0 Å². The van der Waals surface area contributed by atoms with Gasteiger partial charge in [0.15, 0.2) is 0 Å². The molecule has 2 saturated heterocycles. The quantitative estimate of drug-likeness (QED) is 0.330. The van der Waals surface area contributed by atoms with E-state index < -0.39 is 32.1 Å². The van der Waals surface area contributed by atoms with Crippen LogP contribution in [0.3, 0.4) is 0 Å². The summed E-state index contributed by atoms with van der Waals surface area (Å²) >= 11 is 0. The molecule has 4 atom stereocenters. The Hall–Kier alpha value is -0.958. The van der Waals surface area contributed by atoms with Gasteiger partial charge in [-0.1, -0.05) is 32.9 Å². The van der Waals surface area contributed by atoms with Crippen molar-refractivity contribution in [3.05, 3.63) is 12.2 Å². The zero-order valence-corrected chi connectivity index (χ0v) is 17.1. The minimum Gasteiger partial charge on any atom is -0.417 e. The number of cyclic esters (lactones) is 2. The van der Waals surface area contributed by atoms with E-state index in [-0.39, 0.29) is 30.1 Å².